The summed E-state index contributed by atoms with van der Waals surface area (Å²) in [5.41, 5.74) is 0. The number of hydrogen-bond donors (Lipinski definition) is 1. The summed E-state index contributed by atoms with van der Waals surface area (Å²) in [5.74, 6) is 0.736. The van der Waals surface area contributed by atoms with Crippen molar-refractivity contribution in [3.63, 3.8) is 0 Å². The molecule has 2 nitrogen and oxygen atoms in total. The van der Waals surface area contributed by atoms with E-state index in [0.717, 1.165) is 38.5 Å². The van der Waals surface area contributed by atoms with Crippen molar-refractivity contribution in [1.29, 1.82) is 0 Å². The van der Waals surface area contributed by atoms with Crippen LogP contribution in [0.5, 0.6) is 0 Å². The second-order valence-corrected chi connectivity index (χ2v) is 3.26. The zero-order chi connectivity index (χ0) is 9.23. The summed E-state index contributed by atoms with van der Waals surface area (Å²) in [6.45, 7) is 6.87. The molecule has 0 aliphatic carbocycles. The number of hydrogen-bond acceptors (Lipinski definition) is 2. The number of rotatable bonds is 8. The first-order chi connectivity index (χ1) is 5.81. The summed E-state index contributed by atoms with van der Waals surface area (Å²) in [4.78, 5) is 0. The molecule has 3 heteroatoms. The molecule has 1 unspecified atom stereocenters. The molecule has 1 N–H and O–H groups in total. The molecule has 0 saturated carbocycles. The molecule has 0 aliphatic rings. The van der Waals surface area contributed by atoms with Crippen molar-refractivity contribution in [3.05, 3.63) is 0 Å². The lowest BCUT2D eigenvalue weighted by Crippen LogP contribution is -2.27. The molecule has 0 heterocycles. The Morgan fingerprint density at radius 2 is 2.25 bits per heavy atom. The predicted molar refractivity (Wildman–Crippen MR) is 53.9 cm³/mol. The van der Waals surface area contributed by atoms with Gasteiger partial charge in [0.25, 0.3) is 0 Å². The highest BCUT2D eigenvalue weighted by atomic mass is 35.5. The maximum atomic E-state index is 5.59. The van der Waals surface area contributed by atoms with Crippen LogP contribution >= 0.6 is 11.6 Å². The van der Waals surface area contributed by atoms with E-state index in [2.05, 4.69) is 12.2 Å². The molecular formula is C9H20ClNO. The van der Waals surface area contributed by atoms with Crippen molar-refractivity contribution in [2.24, 2.45) is 0 Å². The van der Waals surface area contributed by atoms with Crippen LogP contribution < -0.4 is 5.32 Å². The van der Waals surface area contributed by atoms with Crippen LogP contribution in [-0.2, 0) is 4.74 Å². The van der Waals surface area contributed by atoms with E-state index >= 15 is 0 Å². The third-order valence-electron chi connectivity index (χ3n) is 1.70. The first-order valence-electron chi connectivity index (χ1n) is 4.68. The first kappa shape index (κ1) is 12.2. The van der Waals surface area contributed by atoms with Gasteiger partial charge in [0.2, 0.25) is 0 Å². The van der Waals surface area contributed by atoms with E-state index in [-0.39, 0.29) is 0 Å². The third-order valence-corrected chi connectivity index (χ3v) is 1.92. The molecule has 12 heavy (non-hydrogen) atoms. The van der Waals surface area contributed by atoms with Gasteiger partial charge in [-0.1, -0.05) is 0 Å². The van der Waals surface area contributed by atoms with Crippen LogP contribution in [0.4, 0.5) is 0 Å². The van der Waals surface area contributed by atoms with Gasteiger partial charge < -0.3 is 10.1 Å². The summed E-state index contributed by atoms with van der Waals surface area (Å²) in [6, 6.07) is 0.532. The third kappa shape index (κ3) is 8.31. The molecule has 0 fully saturated rings. The van der Waals surface area contributed by atoms with Gasteiger partial charge in [0.1, 0.15) is 0 Å². The molecule has 0 aromatic heterocycles. The molecule has 0 aromatic carbocycles. The zero-order valence-electron chi connectivity index (χ0n) is 8.11. The monoisotopic (exact) mass is 193 g/mol. The lowest BCUT2D eigenvalue weighted by atomic mass is 10.2. The Labute approximate surface area is 80.6 Å². The Balaban J connectivity index is 2.97. The summed E-state index contributed by atoms with van der Waals surface area (Å²) in [5, 5.41) is 3.38. The van der Waals surface area contributed by atoms with E-state index in [9.17, 15) is 0 Å². The van der Waals surface area contributed by atoms with Crippen LogP contribution in [0.15, 0.2) is 0 Å². The number of ether oxygens (including phenoxy) is 1. The van der Waals surface area contributed by atoms with Crippen molar-refractivity contribution in [1.82, 2.24) is 5.32 Å². The maximum Gasteiger partial charge on any atom is 0.0477 e. The fraction of sp³-hybridized carbons (Fsp3) is 1.00. The lowest BCUT2D eigenvalue weighted by molar-refractivity contribution is 0.144. The van der Waals surface area contributed by atoms with E-state index in [1.807, 2.05) is 6.92 Å². The Hall–Kier alpha value is 0.210. The van der Waals surface area contributed by atoms with Crippen LogP contribution in [-0.4, -0.2) is 31.7 Å². The van der Waals surface area contributed by atoms with Crippen molar-refractivity contribution < 1.29 is 4.74 Å². The van der Waals surface area contributed by atoms with Gasteiger partial charge in [0, 0.05) is 25.1 Å². The van der Waals surface area contributed by atoms with Crippen LogP contribution in [0, 0.1) is 0 Å². The molecule has 0 radical (unpaired) electrons. The average Bonchev–Trinajstić information content (AvgIpc) is 2.05. The molecule has 0 aromatic rings. The topological polar surface area (TPSA) is 21.3 Å². The molecule has 0 bridgehead atoms. The maximum absolute atomic E-state index is 5.59. The van der Waals surface area contributed by atoms with E-state index in [1.165, 1.54) is 0 Å². The van der Waals surface area contributed by atoms with Crippen LogP contribution in [0.3, 0.4) is 0 Å². The standard InChI is InChI=1S/C9H20ClNO/c1-3-12-8-4-7-11-9(2)5-6-10/h9,11H,3-8H2,1-2H3. The summed E-state index contributed by atoms with van der Waals surface area (Å²) >= 11 is 5.59. The molecule has 0 aliphatic heterocycles. The largest absolute Gasteiger partial charge is 0.382 e. The van der Waals surface area contributed by atoms with Gasteiger partial charge in [-0.3, -0.25) is 0 Å². The van der Waals surface area contributed by atoms with Gasteiger partial charge in [-0.2, -0.15) is 0 Å². The van der Waals surface area contributed by atoms with Crippen LogP contribution in [0.25, 0.3) is 0 Å². The van der Waals surface area contributed by atoms with E-state index in [4.69, 9.17) is 16.3 Å². The minimum absolute atomic E-state index is 0.532. The molecule has 0 rings (SSSR count). The lowest BCUT2D eigenvalue weighted by Gasteiger charge is -2.11. The van der Waals surface area contributed by atoms with Crippen molar-refractivity contribution in [2.75, 3.05) is 25.6 Å². The van der Waals surface area contributed by atoms with Crippen LogP contribution in [0.2, 0.25) is 0 Å². The zero-order valence-corrected chi connectivity index (χ0v) is 8.86. The quantitative estimate of drug-likeness (QED) is 0.471. The van der Waals surface area contributed by atoms with Crippen molar-refractivity contribution in [2.45, 2.75) is 32.7 Å². The molecule has 0 spiro atoms. The molecule has 74 valence electrons. The molecular weight excluding hydrogens is 174 g/mol. The second-order valence-electron chi connectivity index (χ2n) is 2.88. The molecule has 0 amide bonds. The smallest absolute Gasteiger partial charge is 0.0477 e. The van der Waals surface area contributed by atoms with Gasteiger partial charge in [-0.25, -0.2) is 0 Å². The Morgan fingerprint density at radius 3 is 2.83 bits per heavy atom. The first-order valence-corrected chi connectivity index (χ1v) is 5.21. The number of alkyl halides is 1. The highest BCUT2D eigenvalue weighted by Crippen LogP contribution is 1.92. The molecule has 0 saturated heterocycles. The van der Waals surface area contributed by atoms with Gasteiger partial charge in [0.05, 0.1) is 0 Å². The van der Waals surface area contributed by atoms with Crippen molar-refractivity contribution >= 4 is 11.6 Å². The Morgan fingerprint density at radius 1 is 1.50 bits per heavy atom. The molecule has 1 atom stereocenters. The van der Waals surface area contributed by atoms with Crippen LogP contribution in [0.1, 0.15) is 26.7 Å². The summed E-state index contributed by atoms with van der Waals surface area (Å²) in [7, 11) is 0. The van der Waals surface area contributed by atoms with Gasteiger partial charge in [-0.05, 0) is 33.2 Å². The number of nitrogens with one attached hydrogen (secondary N) is 1. The summed E-state index contributed by atoms with van der Waals surface area (Å²) in [6.07, 6.45) is 2.12. The number of halogens is 1. The van der Waals surface area contributed by atoms with E-state index < -0.39 is 0 Å². The van der Waals surface area contributed by atoms with E-state index in [1.54, 1.807) is 0 Å². The minimum Gasteiger partial charge on any atom is -0.382 e. The Bertz CT molecular complexity index is 90.6. The summed E-state index contributed by atoms with van der Waals surface area (Å²) < 4.78 is 5.21. The highest BCUT2D eigenvalue weighted by molar-refractivity contribution is 6.17. The fourth-order valence-corrected chi connectivity index (χ4v) is 1.26. The normalized spacial score (nSPS) is 13.2. The van der Waals surface area contributed by atoms with Crippen molar-refractivity contribution in [3.8, 4) is 0 Å². The second kappa shape index (κ2) is 9.30. The van der Waals surface area contributed by atoms with Gasteiger partial charge >= 0.3 is 0 Å². The predicted octanol–water partition coefficient (Wildman–Crippen LogP) is 2.02. The highest BCUT2D eigenvalue weighted by Gasteiger charge is 1.97. The fourth-order valence-electron chi connectivity index (χ4n) is 0.933. The average molecular weight is 194 g/mol. The Kier molecular flexibility index (Phi) is 9.46. The van der Waals surface area contributed by atoms with Gasteiger partial charge in [-0.15, -0.1) is 11.6 Å². The minimum atomic E-state index is 0.532. The van der Waals surface area contributed by atoms with E-state index in [0.29, 0.717) is 6.04 Å². The SMILES string of the molecule is CCOCCCNC(C)CCCl. The van der Waals surface area contributed by atoms with Gasteiger partial charge in [0.15, 0.2) is 0 Å².